The highest BCUT2D eigenvalue weighted by Crippen LogP contribution is 2.30. The molecule has 1 saturated carbocycles. The van der Waals surface area contributed by atoms with E-state index < -0.39 is 0 Å². The molecule has 1 unspecified atom stereocenters. The van der Waals surface area contributed by atoms with Crippen LogP contribution in [0.5, 0.6) is 0 Å². The van der Waals surface area contributed by atoms with Crippen LogP contribution in [0, 0.1) is 24.6 Å². The molecule has 1 saturated heterocycles. The Labute approximate surface area is 207 Å². The molecule has 6 heteroatoms. The Morgan fingerprint density at radius 2 is 1.71 bits per heavy atom. The summed E-state index contributed by atoms with van der Waals surface area (Å²) in [7, 11) is 0. The van der Waals surface area contributed by atoms with Gasteiger partial charge in [-0.25, -0.2) is 4.39 Å². The van der Waals surface area contributed by atoms with Crippen LogP contribution < -0.4 is 5.32 Å². The van der Waals surface area contributed by atoms with Gasteiger partial charge < -0.3 is 10.2 Å². The minimum absolute atomic E-state index is 0.0477. The lowest BCUT2D eigenvalue weighted by atomic mass is 10.0. The third-order valence-corrected chi connectivity index (χ3v) is 8.25. The van der Waals surface area contributed by atoms with Crippen LogP contribution in [0.4, 0.5) is 10.1 Å². The highest BCUT2D eigenvalue weighted by atomic mass is 19.1. The number of nitrogens with one attached hydrogen (secondary N) is 1. The van der Waals surface area contributed by atoms with Crippen molar-refractivity contribution in [2.24, 2.45) is 11.8 Å². The third kappa shape index (κ3) is 5.13. The maximum Gasteiger partial charge on any atom is 0.228 e. The Hall–Kier alpha value is -2.73. The van der Waals surface area contributed by atoms with E-state index in [0.717, 1.165) is 69.3 Å². The van der Waals surface area contributed by atoms with Gasteiger partial charge in [-0.15, -0.1) is 0 Å². The fraction of sp³-hybridized carbons (Fsp3) is 0.517. The summed E-state index contributed by atoms with van der Waals surface area (Å²) in [6.45, 7) is 6.95. The average Bonchev–Trinajstić information content (AvgIpc) is 3.52. The molecule has 0 radical (unpaired) electrons. The van der Waals surface area contributed by atoms with Crippen LogP contribution in [-0.4, -0.2) is 47.3 Å². The maximum absolute atomic E-state index is 14.6. The Balaban J connectivity index is 1.22. The highest BCUT2D eigenvalue weighted by Gasteiger charge is 2.33. The van der Waals surface area contributed by atoms with Gasteiger partial charge in [-0.1, -0.05) is 37.1 Å². The van der Waals surface area contributed by atoms with Crippen LogP contribution in [0.15, 0.2) is 36.4 Å². The summed E-state index contributed by atoms with van der Waals surface area (Å²) in [6.07, 6.45) is 5.83. The van der Waals surface area contributed by atoms with Crippen LogP contribution in [0.2, 0.25) is 0 Å². The van der Waals surface area contributed by atoms with Crippen molar-refractivity contribution >= 4 is 17.5 Å². The van der Waals surface area contributed by atoms with Crippen molar-refractivity contribution in [2.45, 2.75) is 65.0 Å². The van der Waals surface area contributed by atoms with Gasteiger partial charge in [0, 0.05) is 49.7 Å². The van der Waals surface area contributed by atoms with Gasteiger partial charge >= 0.3 is 0 Å². The topological polar surface area (TPSA) is 52.6 Å². The molecule has 2 aromatic rings. The normalized spacial score (nSPS) is 21.3. The first-order valence-electron chi connectivity index (χ1n) is 13.1. The fourth-order valence-electron chi connectivity index (χ4n) is 6.16. The summed E-state index contributed by atoms with van der Waals surface area (Å²) < 4.78 is 14.6. The zero-order chi connectivity index (χ0) is 24.5. The molecule has 35 heavy (non-hydrogen) atoms. The number of hydrogen-bond acceptors (Lipinski definition) is 3. The fourth-order valence-corrected chi connectivity index (χ4v) is 6.16. The summed E-state index contributed by atoms with van der Waals surface area (Å²) in [4.78, 5) is 30.3. The molecule has 5 nitrogen and oxygen atoms in total. The maximum atomic E-state index is 14.6. The molecule has 1 atom stereocenters. The van der Waals surface area contributed by atoms with E-state index in [9.17, 15) is 14.0 Å². The van der Waals surface area contributed by atoms with Gasteiger partial charge in [-0.3, -0.25) is 14.5 Å². The summed E-state index contributed by atoms with van der Waals surface area (Å²) in [5.41, 5.74) is 4.81. The van der Waals surface area contributed by atoms with Crippen LogP contribution in [0.25, 0.3) is 0 Å². The van der Waals surface area contributed by atoms with Gasteiger partial charge in [0.15, 0.2) is 0 Å². The van der Waals surface area contributed by atoms with Gasteiger partial charge in [-0.2, -0.15) is 0 Å². The number of hydrogen-bond donors (Lipinski definition) is 1. The number of amides is 2. The van der Waals surface area contributed by atoms with Crippen molar-refractivity contribution in [3.63, 3.8) is 0 Å². The Morgan fingerprint density at radius 1 is 1.03 bits per heavy atom. The van der Waals surface area contributed by atoms with Crippen LogP contribution in [-0.2, 0) is 29.0 Å². The molecule has 186 valence electrons. The number of benzene rings is 2. The minimum atomic E-state index is -0.335. The second-order valence-electron chi connectivity index (χ2n) is 10.7. The first-order valence-corrected chi connectivity index (χ1v) is 13.1. The molecule has 3 aliphatic rings. The molecule has 1 aliphatic heterocycles. The predicted octanol–water partition coefficient (Wildman–Crippen LogP) is 4.71. The molecule has 1 N–H and O–H groups in total. The van der Waals surface area contributed by atoms with Crippen molar-refractivity contribution in [2.75, 3.05) is 25.0 Å². The largest absolute Gasteiger partial charge is 0.337 e. The second kappa shape index (κ2) is 10.1. The van der Waals surface area contributed by atoms with E-state index >= 15 is 0 Å². The van der Waals surface area contributed by atoms with Gasteiger partial charge in [0.1, 0.15) is 5.82 Å². The molecule has 1 heterocycles. The average molecular weight is 478 g/mol. The molecular weight excluding hydrogens is 441 g/mol. The molecular formula is C29H36FN3O2. The van der Waals surface area contributed by atoms with Crippen molar-refractivity contribution in [3.8, 4) is 0 Å². The van der Waals surface area contributed by atoms with Crippen LogP contribution in [0.1, 0.15) is 54.9 Å². The molecule has 2 amide bonds. The predicted molar refractivity (Wildman–Crippen MR) is 136 cm³/mol. The number of fused-ring (bicyclic) bond motifs is 1. The number of piperazine rings is 1. The molecule has 5 rings (SSSR count). The standard InChI is InChI=1S/C29H36FN3O2/c1-19-17-32(11-12-33(19)29(35)21-7-3-4-8-21)18-25-15-26(30)16-27(20(25)2)31-28(34)24-13-22-9-5-6-10-23(22)14-24/h5-6,9-10,15-16,19,21,24H,3-4,7-8,11-14,17-18H2,1-2H3,(H,31,34). The van der Waals surface area contributed by atoms with E-state index in [1.807, 2.05) is 19.1 Å². The molecule has 2 aliphatic carbocycles. The zero-order valence-electron chi connectivity index (χ0n) is 20.9. The van der Waals surface area contributed by atoms with Gasteiger partial charge in [-0.05, 0) is 73.9 Å². The van der Waals surface area contributed by atoms with E-state index in [4.69, 9.17) is 0 Å². The summed E-state index contributed by atoms with van der Waals surface area (Å²) >= 11 is 0. The van der Waals surface area contributed by atoms with Crippen LogP contribution in [0.3, 0.4) is 0 Å². The summed E-state index contributed by atoms with van der Waals surface area (Å²) in [5, 5.41) is 3.02. The number of carbonyl (C=O) groups excluding carboxylic acids is 2. The molecule has 0 bridgehead atoms. The number of nitrogens with zero attached hydrogens (tertiary/aromatic N) is 2. The van der Waals surface area contributed by atoms with E-state index in [1.54, 1.807) is 6.07 Å². The van der Waals surface area contributed by atoms with E-state index in [-0.39, 0.29) is 29.6 Å². The van der Waals surface area contributed by atoms with Crippen molar-refractivity contribution < 1.29 is 14.0 Å². The van der Waals surface area contributed by atoms with Crippen LogP contribution >= 0.6 is 0 Å². The van der Waals surface area contributed by atoms with Crippen molar-refractivity contribution in [1.29, 1.82) is 0 Å². The first-order chi connectivity index (χ1) is 16.9. The van der Waals surface area contributed by atoms with Gasteiger partial charge in [0.2, 0.25) is 11.8 Å². The summed E-state index contributed by atoms with van der Waals surface area (Å²) in [5.74, 6) is 0.0148. The first kappa shape index (κ1) is 24.0. The Bertz CT molecular complexity index is 1090. The molecule has 2 aromatic carbocycles. The molecule has 0 spiro atoms. The number of anilines is 1. The van der Waals surface area contributed by atoms with Crippen molar-refractivity contribution in [1.82, 2.24) is 9.80 Å². The van der Waals surface area contributed by atoms with Crippen molar-refractivity contribution in [3.05, 3.63) is 64.5 Å². The van der Waals surface area contributed by atoms with Gasteiger partial charge in [0.05, 0.1) is 0 Å². The zero-order valence-corrected chi connectivity index (χ0v) is 20.9. The minimum Gasteiger partial charge on any atom is -0.337 e. The lowest BCUT2D eigenvalue weighted by Gasteiger charge is -2.41. The quantitative estimate of drug-likeness (QED) is 0.679. The highest BCUT2D eigenvalue weighted by molar-refractivity contribution is 5.94. The third-order valence-electron chi connectivity index (χ3n) is 8.25. The SMILES string of the molecule is Cc1c(CN2CCN(C(=O)C3CCCC3)C(C)C2)cc(F)cc1NC(=O)C1Cc2ccccc2C1. The lowest BCUT2D eigenvalue weighted by molar-refractivity contribution is -0.140. The number of halogens is 1. The smallest absolute Gasteiger partial charge is 0.228 e. The molecule has 2 fully saturated rings. The summed E-state index contributed by atoms with van der Waals surface area (Å²) in [6, 6.07) is 11.3. The van der Waals surface area contributed by atoms with E-state index in [0.29, 0.717) is 18.1 Å². The molecule has 0 aromatic heterocycles. The second-order valence-corrected chi connectivity index (χ2v) is 10.7. The van der Waals surface area contributed by atoms with E-state index in [2.05, 4.69) is 34.2 Å². The Morgan fingerprint density at radius 3 is 2.37 bits per heavy atom. The Kier molecular flexibility index (Phi) is 6.92. The number of rotatable bonds is 5. The van der Waals surface area contributed by atoms with E-state index in [1.165, 1.54) is 17.2 Å². The number of carbonyl (C=O) groups is 2. The monoisotopic (exact) mass is 477 g/mol. The lowest BCUT2D eigenvalue weighted by Crippen LogP contribution is -2.54. The van der Waals surface area contributed by atoms with Gasteiger partial charge in [0.25, 0.3) is 0 Å².